The number of hydrazine groups is 1. The van der Waals surface area contributed by atoms with Crippen LogP contribution in [-0.2, 0) is 0 Å². The number of aliphatic imine (C=N–C) groups is 1. The zero-order valence-electron chi connectivity index (χ0n) is 3.18. The molecule has 0 bridgehead atoms. The van der Waals surface area contributed by atoms with Crippen molar-refractivity contribution in [1.82, 2.24) is 15.8 Å². The molecule has 0 saturated heterocycles. The van der Waals surface area contributed by atoms with Crippen LogP contribution in [0.1, 0.15) is 0 Å². The second-order valence-electron chi connectivity index (χ2n) is 0.883. The molecule has 0 fully saturated rings. The van der Waals surface area contributed by atoms with E-state index in [4.69, 9.17) is 0 Å². The number of rotatable bonds is 0. The first-order valence-electron chi connectivity index (χ1n) is 1.68. The fourth-order valence-corrected chi connectivity index (χ4v) is 0.246. The molecule has 0 aromatic carbocycles. The molecule has 1 heterocycles. The third-order valence-corrected chi connectivity index (χ3v) is 0.466. The highest BCUT2D eigenvalue weighted by Crippen LogP contribution is 1.55. The Bertz CT molecular complexity index is 72.0. The Morgan fingerprint density at radius 1 is 1.33 bits per heavy atom. The van der Waals surface area contributed by atoms with Gasteiger partial charge in [-0.3, -0.25) is 0 Å². The predicted octanol–water partition coefficient (Wildman–Crippen LogP) is -1.07. The standard InChI is InChI=1S/C3H5N3/c1-2-5-6-3-4-1/h1-3,5-6H/q+1. The monoisotopic (exact) mass is 83.0 g/mol. The van der Waals surface area contributed by atoms with Crippen LogP contribution in [0.3, 0.4) is 0 Å². The second kappa shape index (κ2) is 1.45. The molecule has 0 aromatic rings. The summed E-state index contributed by atoms with van der Waals surface area (Å²) in [5.74, 6) is 0. The summed E-state index contributed by atoms with van der Waals surface area (Å²) in [5.41, 5.74) is 5.36. The van der Waals surface area contributed by atoms with Crippen molar-refractivity contribution in [1.29, 1.82) is 0 Å². The lowest BCUT2D eigenvalue weighted by molar-refractivity contribution is 0.808. The van der Waals surface area contributed by atoms with E-state index >= 15 is 0 Å². The SMILES string of the molecule is C1=CNNC=[N+]1. The lowest BCUT2D eigenvalue weighted by Crippen LogP contribution is -2.29. The number of hydrogen-bond acceptors (Lipinski definition) is 3. The van der Waals surface area contributed by atoms with Crippen molar-refractivity contribution in [2.75, 3.05) is 0 Å². The van der Waals surface area contributed by atoms with E-state index in [0.717, 1.165) is 0 Å². The van der Waals surface area contributed by atoms with Crippen LogP contribution in [0.2, 0.25) is 0 Å². The number of nitrogens with one attached hydrogen (secondary N) is 2. The fraction of sp³-hybridized carbons (Fsp3) is 0. The summed E-state index contributed by atoms with van der Waals surface area (Å²) >= 11 is 0. The molecule has 0 unspecified atom stereocenters. The molecule has 1 rings (SSSR count). The molecule has 0 saturated carbocycles. The van der Waals surface area contributed by atoms with Crippen LogP contribution in [0.4, 0.5) is 0 Å². The van der Waals surface area contributed by atoms with Crippen LogP contribution in [0.5, 0.6) is 0 Å². The van der Waals surface area contributed by atoms with Crippen LogP contribution in [-0.4, -0.2) is 6.34 Å². The van der Waals surface area contributed by atoms with Crippen molar-refractivity contribution in [3.63, 3.8) is 0 Å². The van der Waals surface area contributed by atoms with Gasteiger partial charge in [0.25, 0.3) is 0 Å². The Kier molecular flexibility index (Phi) is 0.774. The minimum absolute atomic E-state index is 1.57. The van der Waals surface area contributed by atoms with Gasteiger partial charge in [-0.15, -0.1) is 0 Å². The number of hydrogen-bond donors (Lipinski definition) is 2. The summed E-state index contributed by atoms with van der Waals surface area (Å²) in [7, 11) is 0. The summed E-state index contributed by atoms with van der Waals surface area (Å²) in [6.45, 7) is 0. The average molecular weight is 83.1 g/mol. The quantitative estimate of drug-likeness (QED) is 0.391. The van der Waals surface area contributed by atoms with Gasteiger partial charge < -0.3 is 0 Å². The fourth-order valence-electron chi connectivity index (χ4n) is 0.246. The van der Waals surface area contributed by atoms with Crippen molar-refractivity contribution in [2.45, 2.75) is 0 Å². The predicted molar refractivity (Wildman–Crippen MR) is 23.6 cm³/mol. The van der Waals surface area contributed by atoms with E-state index in [1.54, 1.807) is 18.7 Å². The molecular formula is C3H5N3+. The molecule has 1 aliphatic heterocycles. The third kappa shape index (κ3) is 0.484. The minimum atomic E-state index is 1.57. The van der Waals surface area contributed by atoms with Crippen LogP contribution in [0.25, 0.3) is 0 Å². The van der Waals surface area contributed by atoms with Crippen molar-refractivity contribution in [3.8, 4) is 0 Å². The summed E-state index contributed by atoms with van der Waals surface area (Å²) in [6.07, 6.45) is 4.94. The van der Waals surface area contributed by atoms with Gasteiger partial charge in [-0.2, -0.15) is 5.43 Å². The summed E-state index contributed by atoms with van der Waals surface area (Å²) < 4.78 is 0. The van der Waals surface area contributed by atoms with Gasteiger partial charge in [-0.05, 0) is 0 Å². The van der Waals surface area contributed by atoms with Gasteiger partial charge >= 0.3 is 6.34 Å². The molecular weight excluding hydrogens is 78.1 g/mol. The molecule has 3 heteroatoms. The van der Waals surface area contributed by atoms with E-state index in [9.17, 15) is 0 Å². The van der Waals surface area contributed by atoms with Crippen molar-refractivity contribution >= 4 is 6.34 Å². The number of nitrogens with zero attached hydrogens (tertiary/aromatic N) is 1. The Balaban J connectivity index is 2.46. The van der Waals surface area contributed by atoms with Gasteiger partial charge in [0.1, 0.15) is 0 Å². The lowest BCUT2D eigenvalue weighted by Gasteiger charge is -1.87. The molecule has 0 amide bonds. The van der Waals surface area contributed by atoms with E-state index in [-0.39, 0.29) is 0 Å². The zero-order chi connectivity index (χ0) is 4.24. The first-order chi connectivity index (χ1) is 3.00. The van der Waals surface area contributed by atoms with Gasteiger partial charge in [-0.25, -0.2) is 5.43 Å². The lowest BCUT2D eigenvalue weighted by atomic mass is 10.9. The van der Waals surface area contributed by atoms with Gasteiger partial charge in [0, 0.05) is 0 Å². The topological polar surface area (TPSA) is 38.2 Å². The normalized spacial score (nSPS) is 16.0. The van der Waals surface area contributed by atoms with Crippen LogP contribution in [0.15, 0.2) is 12.4 Å². The molecule has 31 valence electrons. The van der Waals surface area contributed by atoms with E-state index in [1.165, 1.54) is 0 Å². The first kappa shape index (κ1) is 3.21. The highest BCUT2D eigenvalue weighted by molar-refractivity contribution is 5.53. The molecule has 3 nitrogen and oxygen atoms in total. The van der Waals surface area contributed by atoms with Crippen molar-refractivity contribution < 1.29 is 0 Å². The minimum Gasteiger partial charge on any atom is -0.235 e. The van der Waals surface area contributed by atoms with Crippen LogP contribution >= 0.6 is 0 Å². The van der Waals surface area contributed by atoms with Gasteiger partial charge in [0.05, 0.1) is 6.20 Å². The zero-order valence-corrected chi connectivity index (χ0v) is 3.18. The molecule has 1 radical (unpaired) electrons. The first-order valence-corrected chi connectivity index (χ1v) is 1.68. The molecule has 6 heavy (non-hydrogen) atoms. The maximum absolute atomic E-state index is 3.70. The van der Waals surface area contributed by atoms with E-state index in [2.05, 4.69) is 15.8 Å². The second-order valence-corrected chi connectivity index (χ2v) is 0.883. The Morgan fingerprint density at radius 2 is 2.33 bits per heavy atom. The molecule has 0 spiro atoms. The third-order valence-electron chi connectivity index (χ3n) is 0.466. The van der Waals surface area contributed by atoms with Crippen molar-refractivity contribution in [3.05, 3.63) is 12.4 Å². The molecule has 0 aromatic heterocycles. The Morgan fingerprint density at radius 3 is 2.50 bits per heavy atom. The van der Waals surface area contributed by atoms with E-state index in [0.29, 0.717) is 0 Å². The molecule has 0 atom stereocenters. The van der Waals surface area contributed by atoms with Gasteiger partial charge in [-0.1, -0.05) is 4.99 Å². The van der Waals surface area contributed by atoms with E-state index < -0.39 is 0 Å². The highest BCUT2D eigenvalue weighted by atomic mass is 15.4. The van der Waals surface area contributed by atoms with Gasteiger partial charge in [0.2, 0.25) is 0 Å². The van der Waals surface area contributed by atoms with Crippen LogP contribution < -0.4 is 15.8 Å². The Labute approximate surface area is 35.7 Å². The van der Waals surface area contributed by atoms with E-state index in [1.807, 2.05) is 0 Å². The van der Waals surface area contributed by atoms with Gasteiger partial charge in [0.15, 0.2) is 6.20 Å². The highest BCUT2D eigenvalue weighted by Gasteiger charge is 1.83. The maximum Gasteiger partial charge on any atom is 0.302 e. The molecule has 0 aliphatic carbocycles. The summed E-state index contributed by atoms with van der Waals surface area (Å²) in [6, 6.07) is 0. The van der Waals surface area contributed by atoms with Crippen molar-refractivity contribution in [2.24, 2.45) is 0 Å². The van der Waals surface area contributed by atoms with Crippen LogP contribution in [0, 0.1) is 0 Å². The maximum atomic E-state index is 3.70. The Hall–Kier alpha value is -0.990. The largest absolute Gasteiger partial charge is 0.302 e. The molecule has 2 N–H and O–H groups in total. The molecule has 1 aliphatic rings. The summed E-state index contributed by atoms with van der Waals surface area (Å²) in [4.78, 5) is 3.70. The smallest absolute Gasteiger partial charge is 0.235 e. The average Bonchev–Trinajstić information content (AvgIpc) is 1.72. The summed E-state index contributed by atoms with van der Waals surface area (Å²) in [5, 5.41) is 0.